The Morgan fingerprint density at radius 2 is 2.14 bits per heavy atom. The number of hydrogen-bond acceptors (Lipinski definition) is 4. The number of carbonyl (C=O) groups excluding carboxylic acids is 1. The number of rotatable bonds is 4. The second-order valence-electron chi connectivity index (χ2n) is 8.06. The summed E-state index contributed by atoms with van der Waals surface area (Å²) in [6.07, 6.45) is 5.18. The number of aromatic nitrogens is 2. The molecule has 1 aromatic carbocycles. The van der Waals surface area contributed by atoms with Gasteiger partial charge in [0.2, 0.25) is 5.91 Å². The lowest BCUT2D eigenvalue weighted by molar-refractivity contribution is -0.134. The highest BCUT2D eigenvalue weighted by Crippen LogP contribution is 2.34. The maximum atomic E-state index is 13.5. The number of morpholine rings is 1. The first kappa shape index (κ1) is 19.1. The second kappa shape index (κ2) is 7.64. The fourth-order valence-corrected chi connectivity index (χ4v) is 4.31. The van der Waals surface area contributed by atoms with E-state index in [1.807, 2.05) is 19.3 Å². The van der Waals surface area contributed by atoms with Crippen LogP contribution in [0.25, 0.3) is 11.4 Å². The zero-order chi connectivity index (χ0) is 19.8. The van der Waals surface area contributed by atoms with E-state index in [1.165, 1.54) is 6.07 Å². The predicted octanol–water partition coefficient (Wildman–Crippen LogP) is 2.49. The van der Waals surface area contributed by atoms with Crippen LogP contribution in [0.3, 0.4) is 0 Å². The van der Waals surface area contributed by atoms with Crippen LogP contribution in [0.5, 0.6) is 0 Å². The first-order chi connectivity index (χ1) is 13.4. The first-order valence-electron chi connectivity index (χ1n) is 9.77. The van der Waals surface area contributed by atoms with Crippen molar-refractivity contribution in [2.24, 2.45) is 0 Å². The number of amides is 1. The van der Waals surface area contributed by atoms with Gasteiger partial charge in [0.05, 0.1) is 19.1 Å². The third-order valence-corrected chi connectivity index (χ3v) is 5.86. The van der Waals surface area contributed by atoms with E-state index in [0.29, 0.717) is 25.1 Å². The van der Waals surface area contributed by atoms with Gasteiger partial charge in [-0.05, 0) is 37.1 Å². The first-order valence-corrected chi connectivity index (χ1v) is 9.77. The standard InChI is InChI=1S/C21H27FN4O2/c1-14-8-15(22)4-5-19(14)21-23-6-7-26(21)16-9-17-13-28-18(12-25(17)11-16)10-20(27)24(2)3/h4-8,16-18H,9-13H2,1-3H3/t16-,17+,18+/m1/s1. The molecule has 0 unspecified atom stereocenters. The summed E-state index contributed by atoms with van der Waals surface area (Å²) in [5.74, 6) is 0.748. The fraction of sp³-hybridized carbons (Fsp3) is 0.524. The molecule has 0 saturated carbocycles. The molecule has 0 aliphatic carbocycles. The van der Waals surface area contributed by atoms with Gasteiger partial charge >= 0.3 is 0 Å². The zero-order valence-corrected chi connectivity index (χ0v) is 16.6. The van der Waals surface area contributed by atoms with Crippen LogP contribution in [0.2, 0.25) is 0 Å². The van der Waals surface area contributed by atoms with Gasteiger partial charge < -0.3 is 14.2 Å². The van der Waals surface area contributed by atoms with Crippen LogP contribution in [0, 0.1) is 12.7 Å². The number of ether oxygens (including phenoxy) is 1. The molecular weight excluding hydrogens is 359 g/mol. The quantitative estimate of drug-likeness (QED) is 0.810. The smallest absolute Gasteiger partial charge is 0.224 e. The topological polar surface area (TPSA) is 50.6 Å². The van der Waals surface area contributed by atoms with Gasteiger partial charge in [-0.15, -0.1) is 0 Å². The Kier molecular flexibility index (Phi) is 5.21. The van der Waals surface area contributed by atoms with Crippen molar-refractivity contribution in [3.8, 4) is 11.4 Å². The highest BCUT2D eigenvalue weighted by atomic mass is 19.1. The van der Waals surface area contributed by atoms with Gasteiger partial charge in [0.25, 0.3) is 0 Å². The summed E-state index contributed by atoms with van der Waals surface area (Å²) in [5, 5.41) is 0. The average molecular weight is 386 g/mol. The largest absolute Gasteiger partial charge is 0.375 e. The normalized spacial score (nSPS) is 24.9. The Hall–Kier alpha value is -2.25. The Balaban J connectivity index is 1.48. The van der Waals surface area contributed by atoms with Crippen LogP contribution in [0.4, 0.5) is 4.39 Å². The van der Waals surface area contributed by atoms with E-state index < -0.39 is 0 Å². The van der Waals surface area contributed by atoms with E-state index in [1.54, 1.807) is 31.1 Å². The minimum Gasteiger partial charge on any atom is -0.375 e. The summed E-state index contributed by atoms with van der Waals surface area (Å²) in [6.45, 7) is 4.25. The van der Waals surface area contributed by atoms with Crippen LogP contribution in [0.1, 0.15) is 24.4 Å². The lowest BCUT2D eigenvalue weighted by Crippen LogP contribution is -2.47. The van der Waals surface area contributed by atoms with Crippen LogP contribution < -0.4 is 0 Å². The molecule has 2 aliphatic heterocycles. The highest BCUT2D eigenvalue weighted by molar-refractivity contribution is 5.76. The van der Waals surface area contributed by atoms with E-state index in [0.717, 1.165) is 36.5 Å². The highest BCUT2D eigenvalue weighted by Gasteiger charge is 2.39. The molecule has 0 N–H and O–H groups in total. The molecule has 1 amide bonds. The molecule has 2 fully saturated rings. The van der Waals surface area contributed by atoms with Crippen molar-refractivity contribution in [1.82, 2.24) is 19.4 Å². The van der Waals surface area contributed by atoms with E-state index in [9.17, 15) is 9.18 Å². The lowest BCUT2D eigenvalue weighted by Gasteiger charge is -2.35. The van der Waals surface area contributed by atoms with Gasteiger partial charge in [-0.2, -0.15) is 0 Å². The molecule has 3 atom stereocenters. The van der Waals surface area contributed by atoms with E-state index in [-0.39, 0.29) is 17.8 Å². The number of carbonyl (C=O) groups is 1. The number of hydrogen-bond donors (Lipinski definition) is 0. The van der Waals surface area contributed by atoms with Crippen LogP contribution in [-0.4, -0.2) is 71.2 Å². The summed E-state index contributed by atoms with van der Waals surface area (Å²) in [4.78, 5) is 20.6. The minimum atomic E-state index is -0.229. The summed E-state index contributed by atoms with van der Waals surface area (Å²) in [5.41, 5.74) is 1.84. The molecule has 0 spiro atoms. The molecule has 0 bridgehead atoms. The molecule has 2 saturated heterocycles. The van der Waals surface area contributed by atoms with Gasteiger partial charge in [-0.3, -0.25) is 9.69 Å². The number of aryl methyl sites for hydroxylation is 1. The van der Waals surface area contributed by atoms with Crippen molar-refractivity contribution in [2.75, 3.05) is 33.8 Å². The molecule has 0 radical (unpaired) electrons. The summed E-state index contributed by atoms with van der Waals surface area (Å²) in [7, 11) is 3.55. The van der Waals surface area contributed by atoms with Crippen molar-refractivity contribution in [2.45, 2.75) is 38.0 Å². The second-order valence-corrected chi connectivity index (χ2v) is 8.06. The van der Waals surface area contributed by atoms with Crippen molar-refractivity contribution in [1.29, 1.82) is 0 Å². The molecule has 2 aromatic rings. The third-order valence-electron chi connectivity index (χ3n) is 5.86. The lowest BCUT2D eigenvalue weighted by atomic mass is 10.1. The summed E-state index contributed by atoms with van der Waals surface area (Å²) < 4.78 is 21.7. The van der Waals surface area contributed by atoms with Crippen LogP contribution in [-0.2, 0) is 9.53 Å². The van der Waals surface area contributed by atoms with Gasteiger partial charge in [-0.1, -0.05) is 0 Å². The number of halogens is 1. The summed E-state index contributed by atoms with van der Waals surface area (Å²) >= 11 is 0. The molecule has 7 heteroatoms. The molecule has 4 rings (SSSR count). The number of benzene rings is 1. The third kappa shape index (κ3) is 3.69. The Morgan fingerprint density at radius 1 is 1.32 bits per heavy atom. The van der Waals surface area contributed by atoms with E-state index in [4.69, 9.17) is 4.74 Å². The Labute approximate surface area is 164 Å². The van der Waals surface area contributed by atoms with Gasteiger partial charge in [-0.25, -0.2) is 9.37 Å². The molecule has 150 valence electrons. The summed E-state index contributed by atoms with van der Waals surface area (Å²) in [6, 6.07) is 5.49. The van der Waals surface area contributed by atoms with E-state index in [2.05, 4.69) is 14.5 Å². The van der Waals surface area contributed by atoms with Crippen molar-refractivity contribution >= 4 is 5.91 Å². The zero-order valence-electron chi connectivity index (χ0n) is 16.6. The predicted molar refractivity (Wildman–Crippen MR) is 104 cm³/mol. The number of fused-ring (bicyclic) bond motifs is 1. The minimum absolute atomic E-state index is 0.0495. The van der Waals surface area contributed by atoms with Gasteiger partial charge in [0.1, 0.15) is 11.6 Å². The molecule has 28 heavy (non-hydrogen) atoms. The maximum absolute atomic E-state index is 13.5. The van der Waals surface area contributed by atoms with Gasteiger partial charge in [0, 0.05) is 57.2 Å². The molecule has 3 heterocycles. The van der Waals surface area contributed by atoms with Gasteiger partial charge in [0.15, 0.2) is 0 Å². The van der Waals surface area contributed by atoms with Crippen LogP contribution >= 0.6 is 0 Å². The molecule has 6 nitrogen and oxygen atoms in total. The van der Waals surface area contributed by atoms with Crippen molar-refractivity contribution < 1.29 is 13.9 Å². The Bertz CT molecular complexity index is 866. The SMILES string of the molecule is Cc1cc(F)ccc1-c1nccn1[C@@H]1C[C@H]2CO[C@@H](CC(=O)N(C)C)CN2C1. The van der Waals surface area contributed by atoms with Crippen LogP contribution in [0.15, 0.2) is 30.6 Å². The fourth-order valence-electron chi connectivity index (χ4n) is 4.31. The van der Waals surface area contributed by atoms with Crippen molar-refractivity contribution in [3.63, 3.8) is 0 Å². The molecule has 2 aliphatic rings. The monoisotopic (exact) mass is 386 g/mol. The van der Waals surface area contributed by atoms with Crippen molar-refractivity contribution in [3.05, 3.63) is 42.0 Å². The number of nitrogens with zero attached hydrogens (tertiary/aromatic N) is 4. The molecule has 1 aromatic heterocycles. The van der Waals surface area contributed by atoms with E-state index >= 15 is 0 Å². The Morgan fingerprint density at radius 3 is 2.89 bits per heavy atom. The maximum Gasteiger partial charge on any atom is 0.224 e. The number of imidazole rings is 1. The molecular formula is C21H27FN4O2. The average Bonchev–Trinajstić information content (AvgIpc) is 3.27.